The molecule has 0 amide bonds. The Bertz CT molecular complexity index is 766. The van der Waals surface area contributed by atoms with Gasteiger partial charge in [-0.3, -0.25) is 4.79 Å². The number of carbonyl (C=O) groups is 1. The molecule has 2 saturated heterocycles. The molecule has 0 bridgehead atoms. The van der Waals surface area contributed by atoms with E-state index in [4.69, 9.17) is 9.47 Å². The third kappa shape index (κ3) is 4.55. The van der Waals surface area contributed by atoms with Crippen LogP contribution in [0.15, 0.2) is 29.2 Å². The summed E-state index contributed by atoms with van der Waals surface area (Å²) in [5.74, 6) is -0.524. The highest BCUT2D eigenvalue weighted by atomic mass is 32.2. The van der Waals surface area contributed by atoms with E-state index < -0.39 is 26.4 Å². The molecule has 156 valence electrons. The smallest absolute Gasteiger partial charge is 0.307 e. The van der Waals surface area contributed by atoms with E-state index in [1.807, 2.05) is 0 Å². The van der Waals surface area contributed by atoms with Crippen molar-refractivity contribution in [1.29, 1.82) is 0 Å². The molecule has 0 spiro atoms. The van der Waals surface area contributed by atoms with Crippen molar-refractivity contribution in [2.75, 3.05) is 39.5 Å². The molecule has 6 nitrogen and oxygen atoms in total. The number of hydrogen-bond donors (Lipinski definition) is 0. The zero-order chi connectivity index (χ0) is 20.2. The van der Waals surface area contributed by atoms with Gasteiger partial charge in [0.15, 0.2) is 9.84 Å². The number of rotatable bonds is 7. The van der Waals surface area contributed by atoms with Crippen LogP contribution in [0.4, 0.5) is 4.39 Å². The Hall–Kier alpha value is -1.51. The van der Waals surface area contributed by atoms with Crippen molar-refractivity contribution in [3.8, 4) is 0 Å². The van der Waals surface area contributed by atoms with E-state index in [0.717, 1.165) is 38.3 Å². The lowest BCUT2D eigenvalue weighted by atomic mass is 9.91. The van der Waals surface area contributed by atoms with E-state index in [2.05, 4.69) is 4.90 Å². The van der Waals surface area contributed by atoms with Gasteiger partial charge in [0.25, 0.3) is 0 Å². The largest absolute Gasteiger partial charge is 0.466 e. The molecule has 0 radical (unpaired) electrons. The van der Waals surface area contributed by atoms with Gasteiger partial charge in [-0.1, -0.05) is 0 Å². The molecule has 1 unspecified atom stereocenters. The molecule has 2 heterocycles. The van der Waals surface area contributed by atoms with Gasteiger partial charge in [0.05, 0.1) is 29.3 Å². The maximum Gasteiger partial charge on any atom is 0.307 e. The van der Waals surface area contributed by atoms with Crippen LogP contribution in [-0.2, 0) is 24.1 Å². The second kappa shape index (κ2) is 8.88. The second-order valence-electron chi connectivity index (χ2n) is 7.65. The van der Waals surface area contributed by atoms with Gasteiger partial charge >= 0.3 is 5.97 Å². The number of esters is 1. The highest BCUT2D eigenvalue weighted by Gasteiger charge is 2.48. The number of ether oxygens (including phenoxy) is 2. The SMILES string of the molecule is CCOC(=O)CC1(S(=O)(=O)c2ccc(F)cc2)CCN(CC2CCOC2)CC1. The summed E-state index contributed by atoms with van der Waals surface area (Å²) in [6.45, 7) is 5.51. The number of piperidine rings is 1. The van der Waals surface area contributed by atoms with Crippen LogP contribution in [-0.4, -0.2) is 63.5 Å². The summed E-state index contributed by atoms with van der Waals surface area (Å²) in [6, 6.07) is 4.83. The number of halogens is 1. The van der Waals surface area contributed by atoms with Gasteiger partial charge < -0.3 is 14.4 Å². The number of hydrogen-bond acceptors (Lipinski definition) is 6. The molecular weight excluding hydrogens is 385 g/mol. The Balaban J connectivity index is 1.80. The van der Waals surface area contributed by atoms with Crippen LogP contribution in [0, 0.1) is 11.7 Å². The van der Waals surface area contributed by atoms with Gasteiger partial charge in [-0.15, -0.1) is 0 Å². The first-order chi connectivity index (χ1) is 13.4. The first-order valence-electron chi connectivity index (χ1n) is 9.82. The van der Waals surface area contributed by atoms with E-state index in [0.29, 0.717) is 31.8 Å². The van der Waals surface area contributed by atoms with Gasteiger partial charge in [0.1, 0.15) is 5.82 Å². The molecule has 8 heteroatoms. The molecule has 2 fully saturated rings. The van der Waals surface area contributed by atoms with Gasteiger partial charge in [0.2, 0.25) is 0 Å². The van der Waals surface area contributed by atoms with E-state index >= 15 is 0 Å². The Labute approximate surface area is 165 Å². The molecular formula is C20H28FNO5S. The molecule has 1 aromatic rings. The fourth-order valence-corrected chi connectivity index (χ4v) is 6.14. The van der Waals surface area contributed by atoms with Crippen LogP contribution in [0.3, 0.4) is 0 Å². The van der Waals surface area contributed by atoms with Crippen LogP contribution in [0.5, 0.6) is 0 Å². The monoisotopic (exact) mass is 413 g/mol. The summed E-state index contributed by atoms with van der Waals surface area (Å²) in [4.78, 5) is 14.5. The number of benzene rings is 1. The van der Waals surface area contributed by atoms with Crippen molar-refractivity contribution in [3.05, 3.63) is 30.1 Å². The summed E-state index contributed by atoms with van der Waals surface area (Å²) in [7, 11) is -3.82. The summed E-state index contributed by atoms with van der Waals surface area (Å²) in [6.07, 6.45) is 1.54. The molecule has 0 N–H and O–H groups in total. The Kier molecular flexibility index (Phi) is 6.73. The number of sulfone groups is 1. The lowest BCUT2D eigenvalue weighted by Crippen LogP contribution is -2.51. The average Bonchev–Trinajstić information content (AvgIpc) is 3.17. The number of nitrogens with zero attached hydrogens (tertiary/aromatic N) is 1. The van der Waals surface area contributed by atoms with E-state index in [1.165, 1.54) is 12.1 Å². The Morgan fingerprint density at radius 2 is 1.96 bits per heavy atom. The highest BCUT2D eigenvalue weighted by molar-refractivity contribution is 7.92. The highest BCUT2D eigenvalue weighted by Crippen LogP contribution is 2.39. The van der Waals surface area contributed by atoms with Gasteiger partial charge in [0, 0.05) is 13.2 Å². The minimum Gasteiger partial charge on any atom is -0.466 e. The van der Waals surface area contributed by atoms with Gasteiger partial charge in [-0.2, -0.15) is 0 Å². The van der Waals surface area contributed by atoms with Crippen LogP contribution in [0.2, 0.25) is 0 Å². The van der Waals surface area contributed by atoms with Crippen molar-refractivity contribution < 1.29 is 27.1 Å². The third-order valence-electron chi connectivity index (χ3n) is 5.77. The quantitative estimate of drug-likeness (QED) is 0.505. The molecule has 1 aromatic carbocycles. The topological polar surface area (TPSA) is 72.9 Å². The van der Waals surface area contributed by atoms with Crippen LogP contribution >= 0.6 is 0 Å². The van der Waals surface area contributed by atoms with E-state index in [9.17, 15) is 17.6 Å². The molecule has 2 aliphatic rings. The van der Waals surface area contributed by atoms with Crippen molar-refractivity contribution in [2.24, 2.45) is 5.92 Å². The normalized spacial score (nSPS) is 22.9. The Morgan fingerprint density at radius 3 is 2.54 bits per heavy atom. The van der Waals surface area contributed by atoms with Gasteiger partial charge in [-0.05, 0) is 69.5 Å². The first kappa shape index (κ1) is 21.2. The van der Waals surface area contributed by atoms with Crippen LogP contribution in [0.1, 0.15) is 32.6 Å². The zero-order valence-corrected chi connectivity index (χ0v) is 17.0. The predicted octanol–water partition coefficient (Wildman–Crippen LogP) is 2.42. The number of likely N-dealkylation sites (tertiary alicyclic amines) is 1. The summed E-state index contributed by atoms with van der Waals surface area (Å²) >= 11 is 0. The maximum absolute atomic E-state index is 13.4. The molecule has 3 rings (SSSR count). The summed E-state index contributed by atoms with van der Waals surface area (Å²) in [5, 5.41) is 0. The Morgan fingerprint density at radius 1 is 1.29 bits per heavy atom. The zero-order valence-electron chi connectivity index (χ0n) is 16.2. The van der Waals surface area contributed by atoms with Crippen molar-refractivity contribution >= 4 is 15.8 Å². The van der Waals surface area contributed by atoms with Crippen LogP contribution < -0.4 is 0 Å². The third-order valence-corrected chi connectivity index (χ3v) is 8.36. The van der Waals surface area contributed by atoms with Gasteiger partial charge in [-0.25, -0.2) is 12.8 Å². The summed E-state index contributed by atoms with van der Waals surface area (Å²) in [5.41, 5.74) is 0. The van der Waals surface area contributed by atoms with E-state index in [1.54, 1.807) is 6.92 Å². The van der Waals surface area contributed by atoms with Crippen molar-refractivity contribution in [2.45, 2.75) is 42.2 Å². The minimum atomic E-state index is -3.82. The molecule has 0 aliphatic carbocycles. The number of carbonyl (C=O) groups excluding carboxylic acids is 1. The lowest BCUT2D eigenvalue weighted by Gasteiger charge is -2.41. The predicted molar refractivity (Wildman–Crippen MR) is 102 cm³/mol. The first-order valence-corrected chi connectivity index (χ1v) is 11.3. The standard InChI is InChI=1S/C20H28FNO5S/c1-2-27-19(23)13-20(28(24,25)18-5-3-17(21)4-6-18)8-10-22(11-9-20)14-16-7-12-26-15-16/h3-6,16H,2,7-15H2,1H3. The maximum atomic E-state index is 13.4. The van der Waals surface area contributed by atoms with Crippen LogP contribution in [0.25, 0.3) is 0 Å². The molecule has 2 aliphatic heterocycles. The minimum absolute atomic E-state index is 0.0517. The molecule has 0 saturated carbocycles. The molecule has 28 heavy (non-hydrogen) atoms. The fraction of sp³-hybridized carbons (Fsp3) is 0.650. The molecule has 0 aromatic heterocycles. The van der Waals surface area contributed by atoms with Crippen molar-refractivity contribution in [3.63, 3.8) is 0 Å². The average molecular weight is 414 g/mol. The summed E-state index contributed by atoms with van der Waals surface area (Å²) < 4.78 is 49.4. The van der Waals surface area contributed by atoms with Crippen molar-refractivity contribution in [1.82, 2.24) is 4.90 Å². The second-order valence-corrected chi connectivity index (χ2v) is 10.00. The fourth-order valence-electron chi connectivity index (χ4n) is 4.11. The van der Waals surface area contributed by atoms with E-state index in [-0.39, 0.29) is 17.9 Å². The molecule has 1 atom stereocenters. The lowest BCUT2D eigenvalue weighted by molar-refractivity contribution is -0.144.